The minimum Gasteiger partial charge on any atom is -0.423 e. The summed E-state index contributed by atoms with van der Waals surface area (Å²) in [6.07, 6.45) is 0. The molecular formula is C14H10BClN2O3. The highest BCUT2D eigenvalue weighted by Gasteiger charge is 2.14. The molecule has 3 aromatic rings. The first-order valence-electron chi connectivity index (χ1n) is 6.20. The summed E-state index contributed by atoms with van der Waals surface area (Å²) in [7, 11) is -1.50. The first kappa shape index (κ1) is 13.8. The third kappa shape index (κ3) is 2.83. The second kappa shape index (κ2) is 5.69. The highest BCUT2D eigenvalue weighted by molar-refractivity contribution is 6.58. The number of hydrogen-bond acceptors (Lipinski definition) is 5. The minimum atomic E-state index is -1.50. The van der Waals surface area contributed by atoms with Crippen molar-refractivity contribution in [3.8, 4) is 22.8 Å². The third-order valence-electron chi connectivity index (χ3n) is 3.00. The van der Waals surface area contributed by atoms with Gasteiger partial charge in [0.15, 0.2) is 0 Å². The van der Waals surface area contributed by atoms with Gasteiger partial charge in [0.1, 0.15) is 0 Å². The number of hydrogen-bond donors (Lipinski definition) is 2. The van der Waals surface area contributed by atoms with Crippen LogP contribution in [0.4, 0.5) is 0 Å². The predicted octanol–water partition coefficient (Wildman–Crippen LogP) is 1.74. The monoisotopic (exact) mass is 300 g/mol. The first-order valence-corrected chi connectivity index (χ1v) is 6.58. The summed E-state index contributed by atoms with van der Waals surface area (Å²) in [5.41, 5.74) is 1.77. The Morgan fingerprint density at radius 3 is 2.38 bits per heavy atom. The second-order valence-corrected chi connectivity index (χ2v) is 4.81. The molecule has 104 valence electrons. The summed E-state index contributed by atoms with van der Waals surface area (Å²) in [5.74, 6) is 0.741. The van der Waals surface area contributed by atoms with Gasteiger partial charge < -0.3 is 14.6 Å². The molecule has 5 nitrogen and oxygen atoms in total. The molecule has 1 aromatic heterocycles. The molecule has 0 unspecified atom stereocenters. The van der Waals surface area contributed by atoms with Gasteiger partial charge >= 0.3 is 7.12 Å². The number of benzene rings is 2. The molecule has 0 saturated carbocycles. The van der Waals surface area contributed by atoms with Crippen molar-refractivity contribution in [3.63, 3.8) is 0 Å². The SMILES string of the molecule is OB(O)c1ccc(-c2noc(-c3ccccc3Cl)n2)cc1. The lowest BCUT2D eigenvalue weighted by molar-refractivity contribution is 0.426. The minimum absolute atomic E-state index is 0.335. The highest BCUT2D eigenvalue weighted by atomic mass is 35.5. The average Bonchev–Trinajstić information content (AvgIpc) is 2.97. The number of aromatic nitrogens is 2. The lowest BCUT2D eigenvalue weighted by Gasteiger charge is -1.99. The summed E-state index contributed by atoms with van der Waals surface area (Å²) < 4.78 is 5.22. The third-order valence-corrected chi connectivity index (χ3v) is 3.33. The van der Waals surface area contributed by atoms with Gasteiger partial charge in [0.2, 0.25) is 5.82 Å². The zero-order valence-electron chi connectivity index (χ0n) is 10.8. The number of halogens is 1. The van der Waals surface area contributed by atoms with Crippen molar-refractivity contribution >= 4 is 24.2 Å². The van der Waals surface area contributed by atoms with Crippen molar-refractivity contribution in [2.75, 3.05) is 0 Å². The van der Waals surface area contributed by atoms with E-state index in [-0.39, 0.29) is 0 Å². The van der Waals surface area contributed by atoms with Gasteiger partial charge in [-0.2, -0.15) is 4.98 Å². The van der Waals surface area contributed by atoms with Gasteiger partial charge in [0.05, 0.1) is 10.6 Å². The van der Waals surface area contributed by atoms with Gasteiger partial charge in [-0.15, -0.1) is 0 Å². The summed E-state index contributed by atoms with van der Waals surface area (Å²) in [4.78, 5) is 4.30. The molecule has 3 rings (SSSR count). The van der Waals surface area contributed by atoms with Crippen molar-refractivity contribution in [2.45, 2.75) is 0 Å². The largest absolute Gasteiger partial charge is 0.488 e. The molecule has 0 radical (unpaired) electrons. The van der Waals surface area contributed by atoms with E-state index in [1.165, 1.54) is 0 Å². The van der Waals surface area contributed by atoms with Crippen LogP contribution in [0, 0.1) is 0 Å². The van der Waals surface area contributed by atoms with Crippen molar-refractivity contribution in [1.82, 2.24) is 10.1 Å². The van der Waals surface area contributed by atoms with Crippen LogP contribution in [-0.4, -0.2) is 27.3 Å². The zero-order valence-corrected chi connectivity index (χ0v) is 11.5. The van der Waals surface area contributed by atoms with Crippen LogP contribution in [-0.2, 0) is 0 Å². The Kier molecular flexibility index (Phi) is 3.75. The van der Waals surface area contributed by atoms with E-state index < -0.39 is 7.12 Å². The van der Waals surface area contributed by atoms with E-state index in [4.69, 9.17) is 26.2 Å². The molecule has 0 bridgehead atoms. The Balaban J connectivity index is 1.93. The quantitative estimate of drug-likeness (QED) is 0.720. The maximum absolute atomic E-state index is 9.06. The average molecular weight is 301 g/mol. The molecule has 1 heterocycles. The maximum Gasteiger partial charge on any atom is 0.488 e. The van der Waals surface area contributed by atoms with Crippen LogP contribution < -0.4 is 5.46 Å². The van der Waals surface area contributed by atoms with Gasteiger partial charge in [-0.25, -0.2) is 0 Å². The fourth-order valence-electron chi connectivity index (χ4n) is 1.89. The van der Waals surface area contributed by atoms with Gasteiger partial charge in [-0.3, -0.25) is 0 Å². The van der Waals surface area contributed by atoms with Gasteiger partial charge in [0, 0.05) is 5.56 Å². The van der Waals surface area contributed by atoms with Crippen LogP contribution in [0.15, 0.2) is 53.1 Å². The fourth-order valence-corrected chi connectivity index (χ4v) is 2.11. The molecular weight excluding hydrogens is 290 g/mol. The molecule has 0 fully saturated rings. The van der Waals surface area contributed by atoms with E-state index in [0.29, 0.717) is 33.3 Å². The van der Waals surface area contributed by atoms with E-state index in [1.54, 1.807) is 36.4 Å². The highest BCUT2D eigenvalue weighted by Crippen LogP contribution is 2.27. The molecule has 0 aliphatic heterocycles. The number of nitrogens with zero attached hydrogens (tertiary/aromatic N) is 2. The van der Waals surface area contributed by atoms with E-state index in [1.807, 2.05) is 12.1 Å². The molecule has 21 heavy (non-hydrogen) atoms. The predicted molar refractivity (Wildman–Crippen MR) is 80.0 cm³/mol. The van der Waals surface area contributed by atoms with Gasteiger partial charge in [-0.05, 0) is 17.6 Å². The normalized spacial score (nSPS) is 10.6. The van der Waals surface area contributed by atoms with Crippen molar-refractivity contribution < 1.29 is 14.6 Å². The Hall–Kier alpha value is -2.15. The fraction of sp³-hybridized carbons (Fsp3) is 0. The first-order chi connectivity index (χ1) is 10.1. The van der Waals surface area contributed by atoms with Crippen LogP contribution in [0.5, 0.6) is 0 Å². The molecule has 0 spiro atoms. The molecule has 0 aliphatic carbocycles. The molecule has 0 saturated heterocycles. The smallest absolute Gasteiger partial charge is 0.423 e. The maximum atomic E-state index is 9.06. The molecule has 0 aliphatic rings. The molecule has 7 heteroatoms. The Bertz CT molecular complexity index is 759. The summed E-state index contributed by atoms with van der Waals surface area (Å²) in [6, 6.07) is 13.8. The van der Waals surface area contributed by atoms with Crippen molar-refractivity contribution in [2.24, 2.45) is 0 Å². The second-order valence-electron chi connectivity index (χ2n) is 4.40. The van der Waals surface area contributed by atoms with E-state index in [9.17, 15) is 0 Å². The van der Waals surface area contributed by atoms with Gasteiger partial charge in [0.25, 0.3) is 5.89 Å². The topological polar surface area (TPSA) is 79.4 Å². The summed E-state index contributed by atoms with van der Waals surface area (Å²) >= 11 is 6.09. The molecule has 0 atom stereocenters. The van der Waals surface area contributed by atoms with Crippen LogP contribution in [0.1, 0.15) is 0 Å². The lowest BCUT2D eigenvalue weighted by atomic mass is 9.80. The van der Waals surface area contributed by atoms with Crippen molar-refractivity contribution in [3.05, 3.63) is 53.6 Å². The Morgan fingerprint density at radius 1 is 1.00 bits per heavy atom. The standard InChI is InChI=1S/C14H10BClN2O3/c16-12-4-2-1-3-11(12)14-17-13(18-21-14)9-5-7-10(8-6-9)15(19)20/h1-8,19-20H. The Labute approximate surface area is 126 Å². The van der Waals surface area contributed by atoms with E-state index in [2.05, 4.69) is 10.1 Å². The lowest BCUT2D eigenvalue weighted by Crippen LogP contribution is -2.29. The van der Waals surface area contributed by atoms with Crippen LogP contribution in [0.2, 0.25) is 5.02 Å². The van der Waals surface area contributed by atoms with E-state index >= 15 is 0 Å². The molecule has 0 amide bonds. The van der Waals surface area contributed by atoms with Crippen LogP contribution >= 0.6 is 11.6 Å². The van der Waals surface area contributed by atoms with Crippen molar-refractivity contribution in [1.29, 1.82) is 0 Å². The van der Waals surface area contributed by atoms with E-state index in [0.717, 1.165) is 0 Å². The van der Waals surface area contributed by atoms with Crippen LogP contribution in [0.25, 0.3) is 22.8 Å². The Morgan fingerprint density at radius 2 is 1.71 bits per heavy atom. The molecule has 2 N–H and O–H groups in total. The van der Waals surface area contributed by atoms with Gasteiger partial charge in [-0.1, -0.05) is 53.2 Å². The summed E-state index contributed by atoms with van der Waals surface area (Å²) in [5, 5.41) is 22.6. The molecule has 2 aromatic carbocycles. The summed E-state index contributed by atoms with van der Waals surface area (Å²) in [6.45, 7) is 0. The zero-order chi connectivity index (χ0) is 14.8. The van der Waals surface area contributed by atoms with Crippen LogP contribution in [0.3, 0.4) is 0 Å². The number of rotatable bonds is 3.